The minimum absolute atomic E-state index is 0.0285. The molecular formula is C68H123N2O7P. The lowest BCUT2D eigenvalue weighted by molar-refractivity contribution is -0.870. The molecule has 0 aromatic carbocycles. The van der Waals surface area contributed by atoms with Crippen molar-refractivity contribution in [1.29, 1.82) is 0 Å². The van der Waals surface area contributed by atoms with E-state index in [1.54, 1.807) is 0 Å². The van der Waals surface area contributed by atoms with Gasteiger partial charge >= 0.3 is 5.97 Å². The van der Waals surface area contributed by atoms with Gasteiger partial charge in [0.2, 0.25) is 5.91 Å². The van der Waals surface area contributed by atoms with Crippen LogP contribution < -0.4 is 10.2 Å². The van der Waals surface area contributed by atoms with Gasteiger partial charge in [-0.25, -0.2) is 0 Å². The molecule has 3 atom stereocenters. The van der Waals surface area contributed by atoms with Crippen molar-refractivity contribution in [3.05, 3.63) is 85.1 Å². The van der Waals surface area contributed by atoms with Crippen LogP contribution in [0.15, 0.2) is 85.1 Å². The topological polar surface area (TPSA) is 114 Å². The number of rotatable bonds is 58. The Labute approximate surface area is 482 Å². The highest BCUT2D eigenvalue weighted by Crippen LogP contribution is 2.38. The van der Waals surface area contributed by atoms with Gasteiger partial charge in [-0.2, -0.15) is 0 Å². The summed E-state index contributed by atoms with van der Waals surface area (Å²) in [6.45, 7) is 6.73. The molecule has 3 unspecified atom stereocenters. The molecule has 1 amide bonds. The SMILES string of the molecule is CC/C=C\C/C=C\C/C=C\C/C=C\C/C=C\CCCCCCCCCC(=O)OC(/C=C\CCCCCCCCCCCCC)C(COP(=O)([O-])OCC[N+](C)(C)C)NC(=O)CCCCCCC/C=C/CCCCCCCCC. The predicted molar refractivity (Wildman–Crippen MR) is 335 cm³/mol. The fourth-order valence-corrected chi connectivity index (χ4v) is 9.80. The van der Waals surface area contributed by atoms with Gasteiger partial charge in [0, 0.05) is 12.8 Å². The lowest BCUT2D eigenvalue weighted by Crippen LogP contribution is -2.47. The maximum Gasteiger partial charge on any atom is 0.306 e. The first-order valence-electron chi connectivity index (χ1n) is 32.4. The predicted octanol–water partition coefficient (Wildman–Crippen LogP) is 19.5. The Hall–Kier alpha value is -2.81. The highest BCUT2D eigenvalue weighted by Gasteiger charge is 2.27. The number of hydrogen-bond donors (Lipinski definition) is 1. The summed E-state index contributed by atoms with van der Waals surface area (Å²) in [5, 5.41) is 3.03. The Balaban J connectivity index is 5.26. The summed E-state index contributed by atoms with van der Waals surface area (Å²) >= 11 is 0. The summed E-state index contributed by atoms with van der Waals surface area (Å²) in [4.78, 5) is 40.1. The summed E-state index contributed by atoms with van der Waals surface area (Å²) in [6.07, 6.45) is 75.4. The average molecular weight is 1110 g/mol. The van der Waals surface area contributed by atoms with E-state index < -0.39 is 26.6 Å². The standard InChI is InChI=1S/C68H123N2O7P/c1-7-10-13-16-19-22-25-28-30-32-33-34-35-36-37-38-40-43-46-49-52-55-58-61-68(72)77-66(59-56-53-50-47-44-41-27-24-21-18-15-12-9-3)65(64-76-78(73,74)75-63-62-70(4,5)6)69-67(71)60-57-54-51-48-45-42-39-31-29-26-23-20-17-14-11-8-2/h10,13,19,22,28,30-31,33-34,36-37,39,56,59,65-66H,7-9,11-12,14-18,20-21,23-27,29,32,35,38,40-55,57-58,60-64H2,1-6H3,(H-,69,71,73,74)/b13-10-,22-19-,30-28-,34-33-,37-36-,39-31+,59-56-. The molecule has 0 aliphatic carbocycles. The van der Waals surface area contributed by atoms with Crippen molar-refractivity contribution in [3.63, 3.8) is 0 Å². The zero-order valence-electron chi connectivity index (χ0n) is 51.6. The molecule has 452 valence electrons. The monoisotopic (exact) mass is 1110 g/mol. The van der Waals surface area contributed by atoms with Crippen LogP contribution in [0.25, 0.3) is 0 Å². The second-order valence-electron chi connectivity index (χ2n) is 22.9. The van der Waals surface area contributed by atoms with E-state index in [2.05, 4.69) is 99.0 Å². The zero-order chi connectivity index (χ0) is 57.2. The largest absolute Gasteiger partial charge is 0.756 e. The van der Waals surface area contributed by atoms with Gasteiger partial charge < -0.3 is 28.5 Å². The fourth-order valence-electron chi connectivity index (χ4n) is 9.07. The Morgan fingerprint density at radius 1 is 0.462 bits per heavy atom. The van der Waals surface area contributed by atoms with Crippen LogP contribution in [0.1, 0.15) is 284 Å². The number of unbranched alkanes of at least 4 members (excludes halogenated alkanes) is 30. The number of likely N-dealkylation sites (N-methyl/N-ethyl adjacent to an activating group) is 1. The number of allylic oxidation sites excluding steroid dienone is 13. The first-order chi connectivity index (χ1) is 37.9. The minimum atomic E-state index is -4.71. The molecule has 78 heavy (non-hydrogen) atoms. The highest BCUT2D eigenvalue weighted by molar-refractivity contribution is 7.45. The van der Waals surface area contributed by atoms with Crippen molar-refractivity contribution < 1.29 is 37.3 Å². The summed E-state index contributed by atoms with van der Waals surface area (Å²) in [7, 11) is 1.17. The number of amides is 1. The Morgan fingerprint density at radius 3 is 1.24 bits per heavy atom. The van der Waals surface area contributed by atoms with E-state index in [0.29, 0.717) is 23.9 Å². The molecular weight excluding hydrogens is 988 g/mol. The quantitative estimate of drug-likeness (QED) is 0.0212. The number of carbonyl (C=O) groups excluding carboxylic acids is 2. The third-order valence-corrected chi connectivity index (χ3v) is 15.0. The number of phosphoric ester groups is 1. The number of esters is 1. The maximum atomic E-state index is 13.5. The van der Waals surface area contributed by atoms with Crippen LogP contribution in [-0.2, 0) is 27.9 Å². The fraction of sp³-hybridized carbons (Fsp3) is 0.765. The molecule has 0 radical (unpaired) electrons. The Kier molecular flexibility index (Phi) is 55.4. The van der Waals surface area contributed by atoms with Crippen molar-refractivity contribution in [2.45, 2.75) is 296 Å². The number of hydrogen-bond acceptors (Lipinski definition) is 7. The van der Waals surface area contributed by atoms with Crippen LogP contribution in [0, 0.1) is 0 Å². The minimum Gasteiger partial charge on any atom is -0.756 e. The van der Waals surface area contributed by atoms with E-state index in [4.69, 9.17) is 13.8 Å². The first kappa shape index (κ1) is 75.2. The van der Waals surface area contributed by atoms with Crippen molar-refractivity contribution in [3.8, 4) is 0 Å². The highest BCUT2D eigenvalue weighted by atomic mass is 31.2. The first-order valence-corrected chi connectivity index (χ1v) is 33.9. The van der Waals surface area contributed by atoms with E-state index in [1.165, 1.54) is 128 Å². The molecule has 0 aromatic heterocycles. The van der Waals surface area contributed by atoms with Gasteiger partial charge in [0.05, 0.1) is 33.8 Å². The van der Waals surface area contributed by atoms with E-state index in [1.807, 2.05) is 33.3 Å². The van der Waals surface area contributed by atoms with E-state index in [-0.39, 0.29) is 24.9 Å². The third-order valence-electron chi connectivity index (χ3n) is 14.1. The molecule has 9 nitrogen and oxygen atoms in total. The van der Waals surface area contributed by atoms with Crippen LogP contribution in [-0.4, -0.2) is 69.4 Å². The van der Waals surface area contributed by atoms with Crippen LogP contribution in [0.2, 0.25) is 0 Å². The van der Waals surface area contributed by atoms with E-state index in [9.17, 15) is 19.0 Å². The molecule has 0 spiro atoms. The van der Waals surface area contributed by atoms with Crippen molar-refractivity contribution in [2.24, 2.45) is 0 Å². The molecule has 0 aromatic rings. The van der Waals surface area contributed by atoms with E-state index >= 15 is 0 Å². The molecule has 0 saturated carbocycles. The second-order valence-corrected chi connectivity index (χ2v) is 24.3. The number of ether oxygens (including phenoxy) is 1. The van der Waals surface area contributed by atoms with E-state index in [0.717, 1.165) is 116 Å². The summed E-state index contributed by atoms with van der Waals surface area (Å²) in [5.41, 5.74) is 0. The molecule has 0 aliphatic rings. The van der Waals surface area contributed by atoms with Crippen LogP contribution in [0.4, 0.5) is 0 Å². The van der Waals surface area contributed by atoms with Gasteiger partial charge in [-0.3, -0.25) is 14.2 Å². The second kappa shape index (κ2) is 57.4. The summed E-state index contributed by atoms with van der Waals surface area (Å²) < 4.78 is 30.4. The maximum absolute atomic E-state index is 13.5. The molecule has 0 heterocycles. The molecule has 0 saturated heterocycles. The Morgan fingerprint density at radius 2 is 0.821 bits per heavy atom. The van der Waals surface area contributed by atoms with Crippen molar-refractivity contribution in [2.75, 3.05) is 40.9 Å². The van der Waals surface area contributed by atoms with Gasteiger partial charge in [-0.05, 0) is 102 Å². The summed E-state index contributed by atoms with van der Waals surface area (Å²) in [5.74, 6) is -0.561. The van der Waals surface area contributed by atoms with Gasteiger partial charge in [-0.15, -0.1) is 0 Å². The number of nitrogens with zero attached hydrogens (tertiary/aromatic N) is 1. The average Bonchev–Trinajstić information content (AvgIpc) is 3.40. The molecule has 0 fully saturated rings. The summed E-state index contributed by atoms with van der Waals surface area (Å²) in [6, 6.07) is -0.901. The normalized spacial score (nSPS) is 14.2. The number of carbonyl (C=O) groups is 2. The third kappa shape index (κ3) is 57.9. The van der Waals surface area contributed by atoms with Gasteiger partial charge in [0.25, 0.3) is 7.82 Å². The number of quaternary nitrogens is 1. The van der Waals surface area contributed by atoms with Crippen molar-refractivity contribution >= 4 is 19.7 Å². The molecule has 10 heteroatoms. The molecule has 0 bridgehead atoms. The number of nitrogens with one attached hydrogen (secondary N) is 1. The molecule has 0 aliphatic heterocycles. The van der Waals surface area contributed by atoms with Crippen LogP contribution >= 0.6 is 7.82 Å². The lowest BCUT2D eigenvalue weighted by atomic mass is 10.0. The molecule has 0 rings (SSSR count). The van der Waals surface area contributed by atoms with Gasteiger partial charge in [-0.1, -0.05) is 254 Å². The zero-order valence-corrected chi connectivity index (χ0v) is 52.5. The van der Waals surface area contributed by atoms with Crippen molar-refractivity contribution in [1.82, 2.24) is 5.32 Å². The van der Waals surface area contributed by atoms with Crippen LogP contribution in [0.3, 0.4) is 0 Å². The Bertz CT molecular complexity index is 1610. The van der Waals surface area contributed by atoms with Crippen LogP contribution in [0.5, 0.6) is 0 Å². The molecule has 1 N–H and O–H groups in total. The smallest absolute Gasteiger partial charge is 0.306 e. The van der Waals surface area contributed by atoms with Gasteiger partial charge in [0.1, 0.15) is 19.3 Å². The lowest BCUT2D eigenvalue weighted by Gasteiger charge is -2.30. The van der Waals surface area contributed by atoms with Gasteiger partial charge in [0.15, 0.2) is 0 Å². The number of phosphoric acid groups is 1.